The molecular formula is C19H27BrO2. The fourth-order valence-corrected chi connectivity index (χ4v) is 4.06. The molecule has 1 aliphatic rings. The molecule has 2 nitrogen and oxygen atoms in total. The van der Waals surface area contributed by atoms with Crippen LogP contribution < -0.4 is 4.74 Å². The number of ketones is 1. The molecule has 1 unspecified atom stereocenters. The lowest BCUT2D eigenvalue weighted by Gasteiger charge is -2.24. The van der Waals surface area contributed by atoms with E-state index in [1.54, 1.807) is 7.11 Å². The van der Waals surface area contributed by atoms with Crippen molar-refractivity contribution in [3.63, 3.8) is 0 Å². The second kappa shape index (κ2) is 5.67. The summed E-state index contributed by atoms with van der Waals surface area (Å²) in [5, 5.41) is 0. The lowest BCUT2D eigenvalue weighted by molar-refractivity contribution is 0.0903. The fourth-order valence-electron chi connectivity index (χ4n) is 3.31. The van der Waals surface area contributed by atoms with Gasteiger partial charge in [-0.15, -0.1) is 0 Å². The normalized spacial score (nSPS) is 18.5. The lowest BCUT2D eigenvalue weighted by Crippen LogP contribution is -2.18. The van der Waals surface area contributed by atoms with E-state index in [0.29, 0.717) is 5.78 Å². The van der Waals surface area contributed by atoms with Crippen LogP contribution in [0.2, 0.25) is 0 Å². The number of fused-ring (bicyclic) bond motifs is 1. The first kappa shape index (κ1) is 17.5. The molecule has 1 aromatic rings. The topological polar surface area (TPSA) is 26.3 Å². The second-order valence-electron chi connectivity index (χ2n) is 8.58. The average Bonchev–Trinajstić information content (AvgIpc) is 2.64. The van der Waals surface area contributed by atoms with Gasteiger partial charge in [0.2, 0.25) is 0 Å². The molecule has 22 heavy (non-hydrogen) atoms. The fraction of sp³-hybridized carbons (Fsp3) is 0.632. The number of methoxy groups -OCH3 is 1. The van der Waals surface area contributed by atoms with Crippen LogP contribution in [0.3, 0.4) is 0 Å². The van der Waals surface area contributed by atoms with Gasteiger partial charge in [0.25, 0.3) is 0 Å². The van der Waals surface area contributed by atoms with Gasteiger partial charge in [-0.2, -0.15) is 0 Å². The maximum absolute atomic E-state index is 12.8. The predicted molar refractivity (Wildman–Crippen MR) is 95.0 cm³/mol. The minimum atomic E-state index is -0.0642. The van der Waals surface area contributed by atoms with Gasteiger partial charge < -0.3 is 4.74 Å². The SMILES string of the molecule is COc1c(C(C)(C)C)cc2c(c1Br)CC(CC(C)(C)C)C2=O. The number of carbonyl (C=O) groups is 1. The van der Waals surface area contributed by atoms with E-state index in [1.807, 2.05) is 0 Å². The highest BCUT2D eigenvalue weighted by atomic mass is 79.9. The Balaban J connectivity index is 2.53. The molecule has 1 aromatic carbocycles. The molecule has 0 amide bonds. The van der Waals surface area contributed by atoms with Crippen molar-refractivity contribution in [1.82, 2.24) is 0 Å². The Morgan fingerprint density at radius 3 is 2.27 bits per heavy atom. The van der Waals surface area contributed by atoms with Crippen LogP contribution in [0.1, 0.15) is 69.4 Å². The van der Waals surface area contributed by atoms with Crippen LogP contribution in [0.5, 0.6) is 5.75 Å². The van der Waals surface area contributed by atoms with Gasteiger partial charge in [-0.3, -0.25) is 4.79 Å². The third kappa shape index (κ3) is 3.24. The van der Waals surface area contributed by atoms with Gasteiger partial charge in [0, 0.05) is 17.0 Å². The van der Waals surface area contributed by atoms with Crippen molar-refractivity contribution < 1.29 is 9.53 Å². The van der Waals surface area contributed by atoms with Crippen LogP contribution in [0.15, 0.2) is 10.5 Å². The molecule has 0 spiro atoms. The summed E-state index contributed by atoms with van der Waals surface area (Å²) < 4.78 is 6.60. The average molecular weight is 367 g/mol. The molecule has 122 valence electrons. The molecule has 0 saturated carbocycles. The summed E-state index contributed by atoms with van der Waals surface area (Å²) in [6.07, 6.45) is 1.73. The predicted octanol–water partition coefficient (Wildman–Crippen LogP) is 5.55. The number of rotatable bonds is 2. The van der Waals surface area contributed by atoms with Crippen LogP contribution in [0, 0.1) is 11.3 Å². The maximum atomic E-state index is 12.8. The molecule has 0 heterocycles. The summed E-state index contributed by atoms with van der Waals surface area (Å²) >= 11 is 3.69. The zero-order chi connectivity index (χ0) is 16.9. The van der Waals surface area contributed by atoms with Gasteiger partial charge in [0.15, 0.2) is 5.78 Å². The molecule has 0 aromatic heterocycles. The Labute approximate surface area is 142 Å². The lowest BCUT2D eigenvalue weighted by atomic mass is 9.83. The van der Waals surface area contributed by atoms with Gasteiger partial charge in [0.05, 0.1) is 11.6 Å². The van der Waals surface area contributed by atoms with E-state index in [9.17, 15) is 4.79 Å². The minimum Gasteiger partial charge on any atom is -0.495 e. The summed E-state index contributed by atoms with van der Waals surface area (Å²) in [5.74, 6) is 1.25. The molecule has 3 heteroatoms. The Morgan fingerprint density at radius 1 is 1.23 bits per heavy atom. The number of carbonyl (C=O) groups excluding carboxylic acids is 1. The number of ether oxygens (including phenoxy) is 1. The number of hydrogen-bond acceptors (Lipinski definition) is 2. The van der Waals surface area contributed by atoms with Crippen LogP contribution in [-0.4, -0.2) is 12.9 Å². The Hall–Kier alpha value is -0.830. The summed E-state index contributed by atoms with van der Waals surface area (Å²) in [5.41, 5.74) is 3.18. The summed E-state index contributed by atoms with van der Waals surface area (Å²) in [7, 11) is 1.70. The van der Waals surface area contributed by atoms with E-state index in [2.05, 4.69) is 63.5 Å². The Kier molecular flexibility index (Phi) is 4.51. The van der Waals surface area contributed by atoms with E-state index in [-0.39, 0.29) is 16.7 Å². The van der Waals surface area contributed by atoms with Crippen LogP contribution in [0.4, 0.5) is 0 Å². The largest absolute Gasteiger partial charge is 0.495 e. The van der Waals surface area contributed by atoms with Crippen molar-refractivity contribution in [1.29, 1.82) is 0 Å². The smallest absolute Gasteiger partial charge is 0.166 e. The van der Waals surface area contributed by atoms with Crippen molar-refractivity contribution in [2.24, 2.45) is 11.3 Å². The van der Waals surface area contributed by atoms with Crippen molar-refractivity contribution in [3.05, 3.63) is 27.2 Å². The molecule has 1 aliphatic carbocycles. The van der Waals surface area contributed by atoms with E-state index < -0.39 is 0 Å². The first-order chi connectivity index (χ1) is 9.95. The number of Topliss-reactive ketones (excluding diaryl/α,β-unsaturated/α-hetero) is 1. The molecule has 0 N–H and O–H groups in total. The summed E-state index contributed by atoms with van der Waals surface area (Å²) in [4.78, 5) is 12.8. The van der Waals surface area contributed by atoms with Crippen molar-refractivity contribution in [2.45, 2.75) is 59.8 Å². The molecule has 2 rings (SSSR count). The Bertz CT molecular complexity index is 603. The number of hydrogen-bond donors (Lipinski definition) is 0. The van der Waals surface area contributed by atoms with Crippen molar-refractivity contribution in [2.75, 3.05) is 7.11 Å². The standard InChI is InChI=1S/C19H27BrO2/c1-18(2,3)10-11-8-12-13(16(11)21)9-14(19(4,5)6)17(22-7)15(12)20/h9,11H,8,10H2,1-7H3. The van der Waals surface area contributed by atoms with E-state index in [1.165, 1.54) is 0 Å². The molecule has 0 bridgehead atoms. The first-order valence-corrected chi connectivity index (χ1v) is 8.69. The first-order valence-electron chi connectivity index (χ1n) is 7.90. The van der Waals surface area contributed by atoms with Crippen LogP contribution in [-0.2, 0) is 11.8 Å². The van der Waals surface area contributed by atoms with Gasteiger partial charge in [-0.25, -0.2) is 0 Å². The van der Waals surface area contributed by atoms with Gasteiger partial charge in [-0.1, -0.05) is 41.5 Å². The van der Waals surface area contributed by atoms with Crippen molar-refractivity contribution in [3.8, 4) is 5.75 Å². The van der Waals surface area contributed by atoms with E-state index in [4.69, 9.17) is 4.74 Å². The van der Waals surface area contributed by atoms with E-state index in [0.717, 1.165) is 39.8 Å². The van der Waals surface area contributed by atoms with Crippen LogP contribution in [0.25, 0.3) is 0 Å². The van der Waals surface area contributed by atoms with Crippen molar-refractivity contribution >= 4 is 21.7 Å². The summed E-state index contributed by atoms with van der Waals surface area (Å²) in [6.45, 7) is 13.0. The molecule has 0 aliphatic heterocycles. The second-order valence-corrected chi connectivity index (χ2v) is 9.37. The number of benzene rings is 1. The molecular weight excluding hydrogens is 340 g/mol. The number of halogens is 1. The van der Waals surface area contributed by atoms with Crippen LogP contribution >= 0.6 is 15.9 Å². The highest BCUT2D eigenvalue weighted by molar-refractivity contribution is 9.10. The summed E-state index contributed by atoms with van der Waals surface area (Å²) in [6, 6.07) is 2.06. The monoisotopic (exact) mass is 366 g/mol. The zero-order valence-corrected chi connectivity index (χ0v) is 16.3. The Morgan fingerprint density at radius 2 is 1.82 bits per heavy atom. The van der Waals surface area contributed by atoms with Gasteiger partial charge in [-0.05, 0) is 51.2 Å². The van der Waals surface area contributed by atoms with E-state index >= 15 is 0 Å². The van der Waals surface area contributed by atoms with Gasteiger partial charge in [0.1, 0.15) is 5.75 Å². The molecule has 1 atom stereocenters. The highest BCUT2D eigenvalue weighted by Crippen LogP contribution is 2.46. The third-order valence-electron chi connectivity index (χ3n) is 4.28. The van der Waals surface area contributed by atoms with Gasteiger partial charge >= 0.3 is 0 Å². The molecule has 0 radical (unpaired) electrons. The zero-order valence-electron chi connectivity index (χ0n) is 14.8. The highest BCUT2D eigenvalue weighted by Gasteiger charge is 2.37. The quantitative estimate of drug-likeness (QED) is 0.685. The third-order valence-corrected chi connectivity index (χ3v) is 5.12. The maximum Gasteiger partial charge on any atom is 0.166 e. The minimum absolute atomic E-state index is 0.0642. The molecule has 0 fully saturated rings. The molecule has 0 saturated heterocycles.